The van der Waals surface area contributed by atoms with E-state index in [1.807, 2.05) is 0 Å². The molecule has 0 aromatic rings. The van der Waals surface area contributed by atoms with Gasteiger partial charge in [0, 0.05) is 6.61 Å². The van der Waals surface area contributed by atoms with E-state index in [0.29, 0.717) is 12.5 Å². The van der Waals surface area contributed by atoms with Gasteiger partial charge in [-0.25, -0.2) is 0 Å². The first-order valence-corrected chi connectivity index (χ1v) is 4.15. The van der Waals surface area contributed by atoms with E-state index in [0.717, 1.165) is 32.1 Å². The van der Waals surface area contributed by atoms with Crippen molar-refractivity contribution in [2.24, 2.45) is 5.92 Å². The number of aliphatic hydroxyl groups excluding tert-OH is 1. The van der Waals surface area contributed by atoms with Crippen LogP contribution < -0.4 is 51.4 Å². The molecule has 2 nitrogen and oxygen atoms in total. The fourth-order valence-electron chi connectivity index (χ4n) is 1.63. The van der Waals surface area contributed by atoms with Crippen LogP contribution in [0.3, 0.4) is 0 Å². The Bertz CT molecular complexity index is 92.1. The Morgan fingerprint density at radius 1 is 1.18 bits per heavy atom. The molecule has 0 bridgehead atoms. The van der Waals surface area contributed by atoms with Crippen molar-refractivity contribution in [1.82, 2.24) is 0 Å². The summed E-state index contributed by atoms with van der Waals surface area (Å²) in [5, 5.41) is 8.64. The average molecular weight is 181 g/mol. The molecule has 1 aliphatic rings. The summed E-state index contributed by atoms with van der Waals surface area (Å²) in [6.45, 7) is 0.327. The van der Waals surface area contributed by atoms with Crippen molar-refractivity contribution in [3.63, 3.8) is 0 Å². The Balaban J connectivity index is 0.000001000. The van der Waals surface area contributed by atoms with E-state index >= 15 is 0 Å². The molecule has 1 aliphatic carbocycles. The molecule has 0 saturated heterocycles. The number of hydrogen-bond donors (Lipinski definition) is 1. The third-order valence-corrected chi connectivity index (χ3v) is 2.38. The van der Waals surface area contributed by atoms with E-state index in [1.165, 1.54) is 0 Å². The van der Waals surface area contributed by atoms with Crippen LogP contribution in [0, 0.1) is 5.92 Å². The molecule has 2 N–H and O–H groups in total. The number of nitrogens with one attached hydrogen (secondary N) is 1. The fourth-order valence-corrected chi connectivity index (χ4v) is 1.63. The maximum Gasteiger partial charge on any atom is 1.00 e. The minimum Gasteiger partial charge on any atom is -0.675 e. The monoisotopic (exact) mass is 181 g/mol. The van der Waals surface area contributed by atoms with Crippen LogP contribution in [0.4, 0.5) is 0 Å². The molecule has 1 saturated carbocycles. The Morgan fingerprint density at radius 2 is 1.73 bits per heavy atom. The number of hydrogen-bond acceptors (Lipinski definition) is 1. The second-order valence-electron chi connectivity index (χ2n) is 3.23. The topological polar surface area (TPSA) is 44.0 Å². The van der Waals surface area contributed by atoms with Crippen molar-refractivity contribution in [1.29, 1.82) is 0 Å². The third kappa shape index (κ3) is 4.98. The van der Waals surface area contributed by atoms with Gasteiger partial charge in [0.05, 0.1) is 0 Å². The smallest absolute Gasteiger partial charge is 0.675 e. The maximum absolute atomic E-state index is 8.64. The number of rotatable bonds is 2. The van der Waals surface area contributed by atoms with E-state index in [4.69, 9.17) is 10.8 Å². The van der Waals surface area contributed by atoms with E-state index in [1.54, 1.807) is 0 Å². The second kappa shape index (κ2) is 7.01. The molecule has 0 radical (unpaired) electrons. The molecule has 0 atom stereocenters. The minimum atomic E-state index is 0. The van der Waals surface area contributed by atoms with Gasteiger partial charge in [-0.1, -0.05) is 25.7 Å². The minimum absolute atomic E-state index is 0. The molecule has 1 fully saturated rings. The maximum atomic E-state index is 8.64. The molecular formula is C8H16KNO. The van der Waals surface area contributed by atoms with Crippen molar-refractivity contribution in [2.45, 2.75) is 38.1 Å². The molecule has 0 heterocycles. The summed E-state index contributed by atoms with van der Waals surface area (Å²) in [6.07, 6.45) is 5.37. The molecule has 0 aromatic heterocycles. The van der Waals surface area contributed by atoms with Crippen molar-refractivity contribution in [2.75, 3.05) is 6.61 Å². The van der Waals surface area contributed by atoms with E-state index in [2.05, 4.69) is 0 Å². The SMILES string of the molecule is [K+].[NH-]C1CCC(CCO)CC1. The fraction of sp³-hybridized carbons (Fsp3) is 1.00. The van der Waals surface area contributed by atoms with Crippen molar-refractivity contribution in [3.8, 4) is 0 Å². The van der Waals surface area contributed by atoms with Crippen molar-refractivity contribution < 1.29 is 56.5 Å². The van der Waals surface area contributed by atoms with Gasteiger partial charge in [0.15, 0.2) is 0 Å². The first-order valence-electron chi connectivity index (χ1n) is 4.15. The predicted molar refractivity (Wildman–Crippen MR) is 41.8 cm³/mol. The molecule has 0 amide bonds. The molecule has 3 heteroatoms. The summed E-state index contributed by atoms with van der Waals surface area (Å²) in [4.78, 5) is 0. The predicted octanol–water partition coefficient (Wildman–Crippen LogP) is -1.02. The molecule has 0 unspecified atom stereocenters. The molecule has 0 spiro atoms. The van der Waals surface area contributed by atoms with E-state index in [9.17, 15) is 0 Å². The Kier molecular flexibility index (Phi) is 8.00. The zero-order valence-corrected chi connectivity index (χ0v) is 10.5. The van der Waals surface area contributed by atoms with Gasteiger partial charge in [-0.05, 0) is 12.3 Å². The first kappa shape index (κ1) is 12.6. The Hall–Kier alpha value is 1.56. The Labute approximate surface area is 111 Å². The van der Waals surface area contributed by atoms with Crippen LogP contribution in [0.25, 0.3) is 5.73 Å². The summed E-state index contributed by atoms with van der Waals surface area (Å²) in [6, 6.07) is 0.190. The van der Waals surface area contributed by atoms with Crippen molar-refractivity contribution in [3.05, 3.63) is 5.73 Å². The summed E-state index contributed by atoms with van der Waals surface area (Å²) in [5.41, 5.74) is 7.43. The zero-order valence-electron chi connectivity index (χ0n) is 7.34. The van der Waals surface area contributed by atoms with Gasteiger partial charge in [0.1, 0.15) is 0 Å². The summed E-state index contributed by atoms with van der Waals surface area (Å²) in [7, 11) is 0. The molecule has 60 valence electrons. The largest absolute Gasteiger partial charge is 1.00 e. The van der Waals surface area contributed by atoms with Crippen LogP contribution in [0.15, 0.2) is 0 Å². The molecule has 1 rings (SSSR count). The average Bonchev–Trinajstić information content (AvgIpc) is 1.95. The van der Waals surface area contributed by atoms with Gasteiger partial charge in [-0.15, -0.1) is 6.04 Å². The summed E-state index contributed by atoms with van der Waals surface area (Å²) < 4.78 is 0. The molecular weight excluding hydrogens is 165 g/mol. The van der Waals surface area contributed by atoms with Crippen LogP contribution >= 0.6 is 0 Å². The molecule has 0 aromatic carbocycles. The summed E-state index contributed by atoms with van der Waals surface area (Å²) in [5.74, 6) is 0.714. The van der Waals surface area contributed by atoms with E-state index < -0.39 is 0 Å². The van der Waals surface area contributed by atoms with Crippen LogP contribution in [-0.2, 0) is 0 Å². The molecule has 11 heavy (non-hydrogen) atoms. The van der Waals surface area contributed by atoms with Crippen LogP contribution in [0.2, 0.25) is 0 Å². The quantitative estimate of drug-likeness (QED) is 0.545. The van der Waals surface area contributed by atoms with Gasteiger partial charge in [-0.2, -0.15) is 0 Å². The Morgan fingerprint density at radius 3 is 2.18 bits per heavy atom. The van der Waals surface area contributed by atoms with Gasteiger partial charge < -0.3 is 10.8 Å². The zero-order chi connectivity index (χ0) is 7.40. The van der Waals surface area contributed by atoms with Gasteiger partial charge in [0.2, 0.25) is 0 Å². The van der Waals surface area contributed by atoms with Gasteiger partial charge in [0.25, 0.3) is 0 Å². The summed E-state index contributed by atoms with van der Waals surface area (Å²) >= 11 is 0. The standard InChI is InChI=1S/C8H16NO.K/c9-8-3-1-7(2-4-8)5-6-10;/h7-10H,1-6H2;/q-1;+1. The normalized spacial score (nSPS) is 31.1. The van der Waals surface area contributed by atoms with Crippen molar-refractivity contribution >= 4 is 0 Å². The second-order valence-corrected chi connectivity index (χ2v) is 3.23. The first-order chi connectivity index (χ1) is 4.83. The number of aliphatic hydroxyl groups is 1. The molecule has 0 aliphatic heterocycles. The van der Waals surface area contributed by atoms with Gasteiger partial charge >= 0.3 is 51.4 Å². The van der Waals surface area contributed by atoms with Gasteiger partial charge in [-0.3, -0.25) is 0 Å². The van der Waals surface area contributed by atoms with Crippen LogP contribution in [0.1, 0.15) is 32.1 Å². The third-order valence-electron chi connectivity index (χ3n) is 2.38. The van der Waals surface area contributed by atoms with Crippen LogP contribution in [-0.4, -0.2) is 17.8 Å². The van der Waals surface area contributed by atoms with Crippen LogP contribution in [0.5, 0.6) is 0 Å². The van der Waals surface area contributed by atoms with E-state index in [-0.39, 0.29) is 57.4 Å².